The fraction of sp³-hybridized carbons (Fsp3) is 0.697. The van der Waals surface area contributed by atoms with Gasteiger partial charge in [-0.2, -0.15) is 0 Å². The molecule has 0 aromatic carbocycles. The number of ether oxygens (including phenoxy) is 1. The minimum absolute atomic E-state index is 0.0154. The number of amides is 6. The second kappa shape index (κ2) is 14.1. The quantitative estimate of drug-likeness (QED) is 0.142. The summed E-state index contributed by atoms with van der Waals surface area (Å²) in [5.41, 5.74) is 4.07. The van der Waals surface area contributed by atoms with Crippen molar-refractivity contribution in [3.63, 3.8) is 0 Å². The molecule has 1 saturated heterocycles. The Labute approximate surface area is 272 Å². The summed E-state index contributed by atoms with van der Waals surface area (Å²) < 4.78 is 5.40. The van der Waals surface area contributed by atoms with Gasteiger partial charge >= 0.3 is 12.1 Å². The van der Waals surface area contributed by atoms with Gasteiger partial charge in [0, 0.05) is 26.6 Å². The lowest BCUT2D eigenvalue weighted by atomic mass is 9.85. The van der Waals surface area contributed by atoms with Gasteiger partial charge in [0.05, 0.1) is 12.1 Å². The van der Waals surface area contributed by atoms with Crippen LogP contribution in [-0.4, -0.2) is 95.3 Å². The molecule has 0 spiro atoms. The zero-order valence-corrected chi connectivity index (χ0v) is 28.9. The Hall–Kier alpha value is -4.08. The topological polar surface area (TPSA) is 180 Å². The summed E-state index contributed by atoms with van der Waals surface area (Å²) in [6, 6.07) is -4.54. The highest BCUT2D eigenvalue weighted by atomic mass is 16.6. The number of rotatable bonds is 12. The maximum atomic E-state index is 14.2. The SMILES string of the molecule is C#CCCC(NC(=O)[C@@H]1[C@@H]2[C@H](CN1C(=O)[C@@H](NC(=O)N[C@H](CN(C)C(=O)OC(C)(C)C)C(=C)C)C(C)(C)C)C2(C)C)C(=O)C(N)=O. The summed E-state index contributed by atoms with van der Waals surface area (Å²) in [5, 5.41) is 8.21. The van der Waals surface area contributed by atoms with Crippen molar-refractivity contribution in [1.29, 1.82) is 0 Å². The Bertz CT molecular complexity index is 1290. The number of likely N-dealkylation sites (tertiary alicyclic amines) is 1. The number of carbonyl (C=O) groups is 6. The van der Waals surface area contributed by atoms with E-state index in [0.29, 0.717) is 5.57 Å². The second-order valence-corrected chi connectivity index (χ2v) is 15.1. The van der Waals surface area contributed by atoms with Crippen LogP contribution in [0.5, 0.6) is 0 Å². The molecule has 0 radical (unpaired) electrons. The number of nitrogens with two attached hydrogens (primary N) is 1. The van der Waals surface area contributed by atoms with E-state index in [1.807, 2.05) is 13.8 Å². The van der Waals surface area contributed by atoms with Gasteiger partial charge in [0.15, 0.2) is 0 Å². The van der Waals surface area contributed by atoms with Crippen LogP contribution in [0, 0.1) is 35.0 Å². The Morgan fingerprint density at radius 1 is 1.07 bits per heavy atom. The number of primary amides is 1. The highest BCUT2D eigenvalue weighted by molar-refractivity contribution is 6.37. The van der Waals surface area contributed by atoms with Crippen LogP contribution >= 0.6 is 0 Å². The number of carbonyl (C=O) groups excluding carboxylic acids is 6. The van der Waals surface area contributed by atoms with Crippen LogP contribution in [0.2, 0.25) is 0 Å². The minimum atomic E-state index is -1.22. The first-order valence-electron chi connectivity index (χ1n) is 15.5. The molecule has 6 amide bonds. The Morgan fingerprint density at radius 2 is 1.65 bits per heavy atom. The lowest BCUT2D eigenvalue weighted by molar-refractivity contribution is -0.145. The summed E-state index contributed by atoms with van der Waals surface area (Å²) in [5.74, 6) is -1.01. The van der Waals surface area contributed by atoms with E-state index in [-0.39, 0.29) is 43.2 Å². The molecule has 0 aromatic rings. The van der Waals surface area contributed by atoms with E-state index in [0.717, 1.165) is 0 Å². The van der Waals surface area contributed by atoms with Crippen molar-refractivity contribution in [2.45, 2.75) is 105 Å². The van der Waals surface area contributed by atoms with Crippen LogP contribution in [0.3, 0.4) is 0 Å². The molecule has 2 aliphatic rings. The van der Waals surface area contributed by atoms with Gasteiger partial charge in [-0.15, -0.1) is 12.3 Å². The third-order valence-corrected chi connectivity index (χ3v) is 8.66. The molecular weight excluding hydrogens is 592 g/mol. The molecule has 1 aliphatic heterocycles. The monoisotopic (exact) mass is 644 g/mol. The smallest absolute Gasteiger partial charge is 0.410 e. The van der Waals surface area contributed by atoms with E-state index in [1.165, 1.54) is 9.80 Å². The van der Waals surface area contributed by atoms with Crippen LogP contribution in [0.25, 0.3) is 0 Å². The van der Waals surface area contributed by atoms with Crippen LogP contribution in [-0.2, 0) is 23.9 Å². The maximum absolute atomic E-state index is 14.2. The Kier molecular flexibility index (Phi) is 11.7. The third-order valence-electron chi connectivity index (χ3n) is 8.66. The number of piperidine rings is 1. The molecule has 6 atom stereocenters. The number of hydrogen-bond donors (Lipinski definition) is 4. The van der Waals surface area contributed by atoms with Crippen LogP contribution in [0.1, 0.15) is 75.2 Å². The van der Waals surface area contributed by atoms with E-state index in [2.05, 4.69) is 28.4 Å². The van der Waals surface area contributed by atoms with Gasteiger partial charge in [-0.25, -0.2) is 9.59 Å². The molecule has 2 fully saturated rings. The van der Waals surface area contributed by atoms with Gasteiger partial charge in [-0.1, -0.05) is 46.8 Å². The predicted molar refractivity (Wildman–Crippen MR) is 173 cm³/mol. The second-order valence-electron chi connectivity index (χ2n) is 15.1. The van der Waals surface area contributed by atoms with Gasteiger partial charge in [-0.05, 0) is 56.8 Å². The van der Waals surface area contributed by atoms with Gasteiger partial charge < -0.3 is 36.2 Å². The van der Waals surface area contributed by atoms with Gasteiger partial charge in [-0.3, -0.25) is 19.2 Å². The molecule has 46 heavy (non-hydrogen) atoms. The maximum Gasteiger partial charge on any atom is 0.410 e. The predicted octanol–water partition coefficient (Wildman–Crippen LogP) is 1.95. The molecule has 13 heteroatoms. The van der Waals surface area contributed by atoms with Crippen molar-refractivity contribution in [1.82, 2.24) is 25.8 Å². The summed E-state index contributed by atoms with van der Waals surface area (Å²) in [7, 11) is 1.55. The number of hydrogen-bond acceptors (Lipinski definition) is 7. The number of terminal acetylenes is 1. The van der Waals surface area contributed by atoms with E-state index in [4.69, 9.17) is 16.9 Å². The molecule has 13 nitrogen and oxygen atoms in total. The molecule has 5 N–H and O–H groups in total. The molecule has 2 rings (SSSR count). The van der Waals surface area contributed by atoms with Crippen LogP contribution in [0.4, 0.5) is 9.59 Å². The number of urea groups is 1. The number of Topliss-reactive ketones (excluding diaryl/α,β-unsaturated/α-hetero) is 1. The van der Waals surface area contributed by atoms with Crippen LogP contribution < -0.4 is 21.7 Å². The van der Waals surface area contributed by atoms with E-state index >= 15 is 0 Å². The minimum Gasteiger partial charge on any atom is -0.444 e. The molecule has 1 saturated carbocycles. The molecule has 0 aromatic heterocycles. The van der Waals surface area contributed by atoms with Gasteiger partial charge in [0.25, 0.3) is 5.91 Å². The highest BCUT2D eigenvalue weighted by Gasteiger charge is 2.70. The Morgan fingerprint density at radius 3 is 2.13 bits per heavy atom. The van der Waals surface area contributed by atoms with Crippen molar-refractivity contribution in [2.24, 2.45) is 28.4 Å². The number of nitrogens with zero attached hydrogens (tertiary/aromatic N) is 2. The average molecular weight is 645 g/mol. The van der Waals surface area contributed by atoms with E-state index in [1.54, 1.807) is 55.5 Å². The first kappa shape index (κ1) is 38.1. The number of ketones is 1. The molecular formula is C33H52N6O7. The molecule has 1 aliphatic carbocycles. The van der Waals surface area contributed by atoms with Gasteiger partial charge in [0.2, 0.25) is 17.6 Å². The fourth-order valence-electron chi connectivity index (χ4n) is 5.90. The largest absolute Gasteiger partial charge is 0.444 e. The molecule has 1 unspecified atom stereocenters. The van der Waals surface area contributed by atoms with Gasteiger partial charge in [0.1, 0.15) is 17.7 Å². The van der Waals surface area contributed by atoms with Crippen LogP contribution in [0.15, 0.2) is 12.2 Å². The van der Waals surface area contributed by atoms with E-state index in [9.17, 15) is 28.8 Å². The summed E-state index contributed by atoms with van der Waals surface area (Å²) >= 11 is 0. The van der Waals surface area contributed by atoms with E-state index < -0.39 is 70.8 Å². The lowest BCUT2D eigenvalue weighted by Gasteiger charge is -2.38. The van der Waals surface area contributed by atoms with Crippen molar-refractivity contribution in [2.75, 3.05) is 20.1 Å². The number of fused-ring (bicyclic) bond motifs is 1. The summed E-state index contributed by atoms with van der Waals surface area (Å²) in [6.45, 7) is 20.6. The average Bonchev–Trinajstić information content (AvgIpc) is 3.23. The normalized spacial score (nSPS) is 21.8. The summed E-state index contributed by atoms with van der Waals surface area (Å²) in [6.07, 6.45) is 4.91. The first-order chi connectivity index (χ1) is 20.9. The number of nitrogens with one attached hydrogen (secondary N) is 3. The number of likely N-dealkylation sites (N-methyl/N-ethyl adjacent to an activating group) is 1. The first-order valence-corrected chi connectivity index (χ1v) is 15.5. The fourth-order valence-corrected chi connectivity index (χ4v) is 5.90. The zero-order valence-electron chi connectivity index (χ0n) is 28.9. The van der Waals surface area contributed by atoms with Crippen molar-refractivity contribution in [3.05, 3.63) is 12.2 Å². The lowest BCUT2D eigenvalue weighted by Crippen LogP contribution is -2.62. The van der Waals surface area contributed by atoms with Crippen molar-refractivity contribution in [3.8, 4) is 12.3 Å². The standard InChI is InChI=1S/C33H52N6O7/c1-13-14-15-20(24(40)26(34)41)35-27(42)23-22-19(33(22,10)11)16-39(23)28(43)25(31(4,5)6)37-29(44)36-21(18(2)3)17-38(12)30(45)46-32(7,8)9/h1,19-23,25H,2,14-17H2,3-12H3,(H2,34,41)(H,35,42)(H2,36,37,44)/t19-,20?,21+,22-,23-,25+/m0/s1. The highest BCUT2D eigenvalue weighted by Crippen LogP contribution is 2.65. The van der Waals surface area contributed by atoms with Crippen molar-refractivity contribution >= 4 is 35.6 Å². The Balaban J connectivity index is 2.28. The molecule has 1 heterocycles. The zero-order chi connectivity index (χ0) is 35.5. The molecule has 0 bridgehead atoms. The van der Waals surface area contributed by atoms with Crippen molar-refractivity contribution < 1.29 is 33.5 Å². The molecule has 256 valence electrons. The summed E-state index contributed by atoms with van der Waals surface area (Å²) in [4.78, 5) is 80.7. The third kappa shape index (κ3) is 9.23.